The first-order chi connectivity index (χ1) is 20.3. The molecule has 2 nitrogen and oxygen atoms in total. The van der Waals surface area contributed by atoms with Crippen molar-refractivity contribution in [2.24, 2.45) is 0 Å². The molecule has 2 heterocycles. The van der Waals surface area contributed by atoms with Gasteiger partial charge in [0.2, 0.25) is 0 Å². The van der Waals surface area contributed by atoms with E-state index in [1.807, 2.05) is 12.1 Å². The summed E-state index contributed by atoms with van der Waals surface area (Å²) in [7, 11) is 0. The van der Waals surface area contributed by atoms with Crippen LogP contribution in [0, 0.1) is 0 Å². The summed E-state index contributed by atoms with van der Waals surface area (Å²) in [6.45, 7) is 0. The normalized spacial score (nSPS) is 11.9. The number of hydrogen-bond donors (Lipinski definition) is 0. The first kappa shape index (κ1) is 22.4. The van der Waals surface area contributed by atoms with E-state index >= 15 is 0 Å². The highest BCUT2D eigenvalue weighted by atomic mass is 16.3. The molecule has 0 saturated heterocycles. The first-order valence-corrected chi connectivity index (χ1v) is 14.0. The Balaban J connectivity index is 1.51. The molecule has 2 aromatic heterocycles. The molecular weight excluding hydrogens is 498 g/mol. The van der Waals surface area contributed by atoms with Crippen LogP contribution in [0.2, 0.25) is 0 Å². The zero-order valence-electron chi connectivity index (χ0n) is 22.1. The van der Waals surface area contributed by atoms with Crippen LogP contribution in [-0.2, 0) is 0 Å². The van der Waals surface area contributed by atoms with Gasteiger partial charge in [0.05, 0.1) is 5.52 Å². The molecule has 0 aliphatic carbocycles. The number of rotatable bonds is 2. The summed E-state index contributed by atoms with van der Waals surface area (Å²) < 4.78 is 6.57. The van der Waals surface area contributed by atoms with Crippen LogP contribution in [-0.4, -0.2) is 4.98 Å². The Labute approximate surface area is 236 Å². The van der Waals surface area contributed by atoms with E-state index in [4.69, 9.17) is 9.40 Å². The number of nitrogens with zero attached hydrogens (tertiary/aromatic N) is 1. The summed E-state index contributed by atoms with van der Waals surface area (Å²) in [6.07, 6.45) is 2.06. The van der Waals surface area contributed by atoms with E-state index in [0.717, 1.165) is 49.4 Å². The number of furan rings is 1. The number of aromatic nitrogens is 1. The molecule has 2 heteroatoms. The van der Waals surface area contributed by atoms with E-state index in [2.05, 4.69) is 128 Å². The van der Waals surface area contributed by atoms with Gasteiger partial charge in [-0.25, -0.2) is 0 Å². The third-order valence-corrected chi connectivity index (χ3v) is 8.47. The minimum Gasteiger partial charge on any atom is -0.455 e. The molecule has 0 N–H and O–H groups in total. The van der Waals surface area contributed by atoms with Gasteiger partial charge >= 0.3 is 0 Å². The van der Waals surface area contributed by atoms with E-state index in [-0.39, 0.29) is 0 Å². The van der Waals surface area contributed by atoms with Crippen molar-refractivity contribution in [2.45, 2.75) is 0 Å². The summed E-state index contributed by atoms with van der Waals surface area (Å²) in [5.41, 5.74) is 7.48. The zero-order chi connectivity index (χ0) is 26.9. The van der Waals surface area contributed by atoms with Crippen molar-refractivity contribution in [1.29, 1.82) is 0 Å². The highest BCUT2D eigenvalue weighted by Gasteiger charge is 2.22. The van der Waals surface area contributed by atoms with Gasteiger partial charge in [-0.15, -0.1) is 0 Å². The molecular formula is C39H23NO. The van der Waals surface area contributed by atoms with Crippen molar-refractivity contribution < 1.29 is 4.42 Å². The average molecular weight is 522 g/mol. The van der Waals surface area contributed by atoms with Crippen LogP contribution in [0.4, 0.5) is 0 Å². The highest BCUT2D eigenvalue weighted by Crippen LogP contribution is 2.48. The van der Waals surface area contributed by atoms with Crippen LogP contribution in [0.3, 0.4) is 0 Å². The Morgan fingerprint density at radius 3 is 2.02 bits per heavy atom. The largest absolute Gasteiger partial charge is 0.455 e. The fraction of sp³-hybridized carbons (Fsp3) is 0. The summed E-state index contributed by atoms with van der Waals surface area (Å²) in [4.78, 5) is 4.98. The second kappa shape index (κ2) is 8.51. The van der Waals surface area contributed by atoms with Gasteiger partial charge in [0.25, 0.3) is 0 Å². The van der Waals surface area contributed by atoms with Crippen molar-refractivity contribution >= 4 is 65.2 Å². The molecule has 9 rings (SSSR count). The molecule has 0 aliphatic heterocycles. The van der Waals surface area contributed by atoms with Gasteiger partial charge < -0.3 is 4.42 Å². The van der Waals surface area contributed by atoms with Crippen LogP contribution in [0.15, 0.2) is 144 Å². The average Bonchev–Trinajstić information content (AvgIpc) is 3.42. The molecule has 0 amide bonds. The lowest BCUT2D eigenvalue weighted by Crippen LogP contribution is -1.93. The summed E-state index contributed by atoms with van der Waals surface area (Å²) in [5, 5.41) is 10.6. The zero-order valence-corrected chi connectivity index (χ0v) is 22.1. The van der Waals surface area contributed by atoms with Crippen LogP contribution >= 0.6 is 0 Å². The Morgan fingerprint density at radius 2 is 1.15 bits per heavy atom. The van der Waals surface area contributed by atoms with Gasteiger partial charge in [0.15, 0.2) is 0 Å². The van der Waals surface area contributed by atoms with E-state index in [1.165, 1.54) is 38.1 Å². The molecule has 0 atom stereocenters. The third-order valence-electron chi connectivity index (χ3n) is 8.47. The van der Waals surface area contributed by atoms with Gasteiger partial charge in [-0.05, 0) is 50.9 Å². The minimum absolute atomic E-state index is 0.903. The number of pyridine rings is 1. The molecule has 0 spiro atoms. The predicted molar refractivity (Wildman–Crippen MR) is 172 cm³/mol. The van der Waals surface area contributed by atoms with E-state index in [0.29, 0.717) is 0 Å². The lowest BCUT2D eigenvalue weighted by Gasteiger charge is -2.19. The molecule has 41 heavy (non-hydrogen) atoms. The maximum Gasteiger partial charge on any atom is 0.143 e. The second-order valence-electron chi connectivity index (χ2n) is 10.7. The Kier molecular flexibility index (Phi) is 4.64. The van der Waals surface area contributed by atoms with Crippen molar-refractivity contribution in [2.75, 3.05) is 0 Å². The fourth-order valence-electron chi connectivity index (χ4n) is 6.68. The smallest absolute Gasteiger partial charge is 0.143 e. The standard InChI is InChI=1S/C39H23NO/c1-2-11-25-22-26(21-20-24(25)10-1)36-28-13-3-4-14-29(28)37(33-23-40-34-18-7-5-15-31(34)38(33)36)32-17-9-16-30-27-12-6-8-19-35(27)41-39(30)32/h1-23H. The first-order valence-electron chi connectivity index (χ1n) is 14.0. The lowest BCUT2D eigenvalue weighted by atomic mass is 9.84. The van der Waals surface area contributed by atoms with Crippen LogP contribution in [0.5, 0.6) is 0 Å². The summed E-state index contributed by atoms with van der Waals surface area (Å²) >= 11 is 0. The van der Waals surface area contributed by atoms with E-state index < -0.39 is 0 Å². The molecule has 0 bridgehead atoms. The second-order valence-corrected chi connectivity index (χ2v) is 10.7. The lowest BCUT2D eigenvalue weighted by molar-refractivity contribution is 0.670. The topological polar surface area (TPSA) is 26.0 Å². The number of benzene rings is 7. The summed E-state index contributed by atoms with van der Waals surface area (Å²) in [6, 6.07) is 47.4. The van der Waals surface area contributed by atoms with Crippen molar-refractivity contribution in [3.63, 3.8) is 0 Å². The van der Waals surface area contributed by atoms with E-state index in [9.17, 15) is 0 Å². The number of hydrogen-bond acceptors (Lipinski definition) is 2. The van der Waals surface area contributed by atoms with Gasteiger partial charge in [-0.1, -0.05) is 115 Å². The molecule has 0 unspecified atom stereocenters. The predicted octanol–water partition coefficient (Wildman–Crippen LogP) is 10.9. The van der Waals surface area contributed by atoms with Crippen molar-refractivity contribution in [1.82, 2.24) is 4.98 Å². The molecule has 0 aliphatic rings. The minimum atomic E-state index is 0.903. The van der Waals surface area contributed by atoms with Crippen LogP contribution in [0.1, 0.15) is 0 Å². The quantitative estimate of drug-likeness (QED) is 0.167. The van der Waals surface area contributed by atoms with Gasteiger partial charge in [-0.3, -0.25) is 4.98 Å². The third kappa shape index (κ3) is 3.22. The summed E-state index contributed by atoms with van der Waals surface area (Å²) in [5.74, 6) is 0. The molecule has 7 aromatic carbocycles. The Hall–Kier alpha value is -5.47. The van der Waals surface area contributed by atoms with E-state index in [1.54, 1.807) is 0 Å². The SMILES string of the molecule is c1ccc2cc(-c3c4ccccc4c(-c4cccc5c4oc4ccccc45)c4cnc5ccccc5c34)ccc2c1. The molecule has 0 fully saturated rings. The van der Waals surface area contributed by atoms with Crippen molar-refractivity contribution in [3.05, 3.63) is 140 Å². The Morgan fingerprint density at radius 1 is 0.463 bits per heavy atom. The molecule has 0 radical (unpaired) electrons. The van der Waals surface area contributed by atoms with Gasteiger partial charge in [0, 0.05) is 44.3 Å². The van der Waals surface area contributed by atoms with Crippen molar-refractivity contribution in [3.8, 4) is 22.3 Å². The number of para-hydroxylation sites is 3. The fourth-order valence-corrected chi connectivity index (χ4v) is 6.68. The maximum atomic E-state index is 6.57. The maximum absolute atomic E-state index is 6.57. The molecule has 9 aromatic rings. The highest BCUT2D eigenvalue weighted by molar-refractivity contribution is 6.29. The van der Waals surface area contributed by atoms with Gasteiger partial charge in [0.1, 0.15) is 11.2 Å². The van der Waals surface area contributed by atoms with Gasteiger partial charge in [-0.2, -0.15) is 0 Å². The van der Waals surface area contributed by atoms with Crippen LogP contribution < -0.4 is 0 Å². The number of fused-ring (bicyclic) bond motifs is 8. The van der Waals surface area contributed by atoms with Crippen LogP contribution in [0.25, 0.3) is 87.4 Å². The monoisotopic (exact) mass is 521 g/mol. The molecule has 190 valence electrons. The molecule has 0 saturated carbocycles. The Bertz CT molecular complexity index is 2480.